The lowest BCUT2D eigenvalue weighted by Gasteiger charge is -2.47. The van der Waals surface area contributed by atoms with E-state index in [9.17, 15) is 4.79 Å². The predicted octanol–water partition coefficient (Wildman–Crippen LogP) is 2.73. The summed E-state index contributed by atoms with van der Waals surface area (Å²) in [4.78, 5) is 14.3. The molecule has 1 atom stereocenters. The Balaban J connectivity index is 1.24. The molecule has 1 aromatic heterocycles. The van der Waals surface area contributed by atoms with Gasteiger partial charge in [0.15, 0.2) is 5.76 Å². The van der Waals surface area contributed by atoms with Gasteiger partial charge in [0.05, 0.1) is 17.1 Å². The highest BCUT2D eigenvalue weighted by molar-refractivity contribution is 8.01. The van der Waals surface area contributed by atoms with Crippen LogP contribution in [0.5, 0.6) is 0 Å². The molecule has 132 valence electrons. The maximum absolute atomic E-state index is 12.4. The zero-order chi connectivity index (χ0) is 16.6. The molecule has 0 radical (unpaired) electrons. The van der Waals surface area contributed by atoms with Gasteiger partial charge in [-0.25, -0.2) is 0 Å². The number of furan rings is 1. The Bertz CT molecular complexity index is 590. The van der Waals surface area contributed by atoms with Crippen molar-refractivity contribution in [2.24, 2.45) is 5.92 Å². The number of ether oxygens (including phenoxy) is 2. The number of hydrogen-bond donors (Lipinski definition) is 0. The first-order valence-corrected chi connectivity index (χ1v) is 9.80. The van der Waals surface area contributed by atoms with Gasteiger partial charge in [-0.05, 0) is 38.2 Å². The van der Waals surface area contributed by atoms with E-state index < -0.39 is 0 Å². The monoisotopic (exact) mass is 351 g/mol. The predicted molar refractivity (Wildman–Crippen MR) is 92.4 cm³/mol. The molecular formula is C18H25NO4S. The fraction of sp³-hybridized carbons (Fsp3) is 0.722. The van der Waals surface area contributed by atoms with E-state index in [1.165, 1.54) is 0 Å². The second kappa shape index (κ2) is 6.73. The van der Waals surface area contributed by atoms with E-state index in [4.69, 9.17) is 13.9 Å². The SMILES string of the molecule is Cc1ccoc1C(=O)N1CC2(CC(OCC3CCOCC3)CS2)C1. The van der Waals surface area contributed by atoms with Crippen molar-refractivity contribution in [3.63, 3.8) is 0 Å². The van der Waals surface area contributed by atoms with Crippen molar-refractivity contribution >= 4 is 17.7 Å². The van der Waals surface area contributed by atoms with E-state index in [0.717, 1.165) is 63.5 Å². The number of amides is 1. The average Bonchev–Trinajstić information content (AvgIpc) is 3.18. The maximum Gasteiger partial charge on any atom is 0.289 e. The fourth-order valence-electron chi connectivity index (χ4n) is 3.84. The average molecular weight is 351 g/mol. The molecule has 1 spiro atoms. The van der Waals surface area contributed by atoms with Crippen molar-refractivity contribution < 1.29 is 18.7 Å². The molecule has 4 heterocycles. The van der Waals surface area contributed by atoms with Crippen molar-refractivity contribution in [1.29, 1.82) is 0 Å². The quantitative estimate of drug-likeness (QED) is 0.835. The number of thioether (sulfide) groups is 1. The van der Waals surface area contributed by atoms with Crippen LogP contribution in [-0.2, 0) is 9.47 Å². The molecule has 1 amide bonds. The lowest BCUT2D eigenvalue weighted by Crippen LogP contribution is -2.60. The molecule has 0 aromatic carbocycles. The minimum atomic E-state index is 0.0234. The zero-order valence-corrected chi connectivity index (χ0v) is 15.0. The Hall–Kier alpha value is -0.980. The summed E-state index contributed by atoms with van der Waals surface area (Å²) in [7, 11) is 0. The van der Waals surface area contributed by atoms with Crippen molar-refractivity contribution in [3.05, 3.63) is 23.7 Å². The number of hydrogen-bond acceptors (Lipinski definition) is 5. The second-order valence-electron chi connectivity index (χ2n) is 7.30. The molecule has 3 fully saturated rings. The number of carbonyl (C=O) groups is 1. The van der Waals surface area contributed by atoms with Gasteiger partial charge in [-0.2, -0.15) is 0 Å². The van der Waals surface area contributed by atoms with Crippen molar-refractivity contribution in [2.75, 3.05) is 38.7 Å². The fourth-order valence-corrected chi connectivity index (χ4v) is 5.40. The van der Waals surface area contributed by atoms with Gasteiger partial charge in [0.2, 0.25) is 0 Å². The first kappa shape index (κ1) is 16.5. The molecular weight excluding hydrogens is 326 g/mol. The van der Waals surface area contributed by atoms with Gasteiger partial charge in [-0.15, -0.1) is 11.8 Å². The molecule has 1 aromatic rings. The largest absolute Gasteiger partial charge is 0.459 e. The van der Waals surface area contributed by atoms with E-state index in [2.05, 4.69) is 0 Å². The van der Waals surface area contributed by atoms with Crippen molar-refractivity contribution in [3.8, 4) is 0 Å². The van der Waals surface area contributed by atoms with E-state index >= 15 is 0 Å². The Kier molecular flexibility index (Phi) is 4.62. The summed E-state index contributed by atoms with van der Waals surface area (Å²) in [5, 5.41) is 0. The zero-order valence-electron chi connectivity index (χ0n) is 14.2. The Morgan fingerprint density at radius 1 is 1.42 bits per heavy atom. The molecule has 0 aliphatic carbocycles. The van der Waals surface area contributed by atoms with Gasteiger partial charge < -0.3 is 18.8 Å². The first-order valence-electron chi connectivity index (χ1n) is 8.82. The maximum atomic E-state index is 12.4. The van der Waals surface area contributed by atoms with Gasteiger partial charge in [0.25, 0.3) is 5.91 Å². The molecule has 1 unspecified atom stereocenters. The summed E-state index contributed by atoms with van der Waals surface area (Å²) in [6.45, 7) is 6.15. The van der Waals surface area contributed by atoms with Crippen LogP contribution in [0.15, 0.2) is 16.7 Å². The molecule has 3 aliphatic heterocycles. The summed E-state index contributed by atoms with van der Waals surface area (Å²) >= 11 is 1.97. The Morgan fingerprint density at radius 3 is 2.92 bits per heavy atom. The first-order chi connectivity index (χ1) is 11.7. The third-order valence-corrected chi connectivity index (χ3v) is 6.96. The van der Waals surface area contributed by atoms with E-state index in [1.54, 1.807) is 6.26 Å². The third kappa shape index (κ3) is 3.24. The smallest absolute Gasteiger partial charge is 0.289 e. The van der Waals surface area contributed by atoms with Crippen LogP contribution in [-0.4, -0.2) is 60.3 Å². The highest BCUT2D eigenvalue weighted by Gasteiger charge is 2.51. The van der Waals surface area contributed by atoms with Gasteiger partial charge in [0, 0.05) is 44.2 Å². The van der Waals surface area contributed by atoms with Crippen LogP contribution in [0.25, 0.3) is 0 Å². The van der Waals surface area contributed by atoms with Crippen LogP contribution in [0.2, 0.25) is 0 Å². The molecule has 4 rings (SSSR count). The molecule has 0 bridgehead atoms. The van der Waals surface area contributed by atoms with Gasteiger partial charge in [0.1, 0.15) is 0 Å². The topological polar surface area (TPSA) is 51.9 Å². The Morgan fingerprint density at radius 2 is 2.21 bits per heavy atom. The molecule has 24 heavy (non-hydrogen) atoms. The van der Waals surface area contributed by atoms with Crippen LogP contribution >= 0.6 is 11.8 Å². The number of rotatable bonds is 4. The number of nitrogens with zero attached hydrogens (tertiary/aromatic N) is 1. The summed E-state index contributed by atoms with van der Waals surface area (Å²) in [5.74, 6) is 2.21. The molecule has 3 saturated heterocycles. The van der Waals surface area contributed by atoms with E-state index in [1.807, 2.05) is 29.7 Å². The number of aryl methyl sites for hydroxylation is 1. The minimum absolute atomic E-state index is 0.0234. The van der Waals surface area contributed by atoms with Crippen molar-refractivity contribution in [1.82, 2.24) is 4.90 Å². The highest BCUT2D eigenvalue weighted by Crippen LogP contribution is 2.46. The van der Waals surface area contributed by atoms with Gasteiger partial charge in [-0.1, -0.05) is 0 Å². The number of likely N-dealkylation sites (tertiary alicyclic amines) is 1. The lowest BCUT2D eigenvalue weighted by molar-refractivity contribution is -0.0120. The summed E-state index contributed by atoms with van der Waals surface area (Å²) in [6.07, 6.45) is 5.22. The molecule has 0 saturated carbocycles. The van der Waals surface area contributed by atoms with Crippen LogP contribution in [0, 0.1) is 12.8 Å². The number of carbonyl (C=O) groups excluding carboxylic acids is 1. The molecule has 0 N–H and O–H groups in total. The lowest BCUT2D eigenvalue weighted by atomic mass is 9.92. The minimum Gasteiger partial charge on any atom is -0.459 e. The van der Waals surface area contributed by atoms with E-state index in [0.29, 0.717) is 17.8 Å². The molecule has 5 nitrogen and oxygen atoms in total. The molecule has 3 aliphatic rings. The van der Waals surface area contributed by atoms with Crippen LogP contribution < -0.4 is 0 Å². The van der Waals surface area contributed by atoms with Crippen molar-refractivity contribution in [2.45, 2.75) is 37.0 Å². The summed E-state index contributed by atoms with van der Waals surface area (Å²) < 4.78 is 17.1. The van der Waals surface area contributed by atoms with Crippen LogP contribution in [0.1, 0.15) is 35.4 Å². The standard InChI is InChI=1S/C18H25NO4S/c1-13-2-7-22-16(13)17(20)19-11-18(12-19)8-15(10-24-18)23-9-14-3-5-21-6-4-14/h2,7,14-15H,3-6,8-12H2,1H3. The van der Waals surface area contributed by atoms with Gasteiger partial charge >= 0.3 is 0 Å². The van der Waals surface area contributed by atoms with Crippen LogP contribution in [0.3, 0.4) is 0 Å². The normalized spacial score (nSPS) is 26.7. The highest BCUT2D eigenvalue weighted by atomic mass is 32.2. The third-order valence-electron chi connectivity index (χ3n) is 5.39. The molecule has 6 heteroatoms. The van der Waals surface area contributed by atoms with E-state index in [-0.39, 0.29) is 10.7 Å². The Labute approximate surface area is 147 Å². The van der Waals surface area contributed by atoms with Gasteiger partial charge in [-0.3, -0.25) is 4.79 Å². The summed E-state index contributed by atoms with van der Waals surface area (Å²) in [6, 6.07) is 1.84. The summed E-state index contributed by atoms with van der Waals surface area (Å²) in [5.41, 5.74) is 0.915. The second-order valence-corrected chi connectivity index (χ2v) is 8.79. The van der Waals surface area contributed by atoms with Crippen LogP contribution in [0.4, 0.5) is 0 Å².